The van der Waals surface area contributed by atoms with Crippen molar-refractivity contribution in [2.45, 2.75) is 37.4 Å². The molecule has 0 radical (unpaired) electrons. The molecule has 0 saturated carbocycles. The molecule has 0 saturated heterocycles. The molecule has 30 heavy (non-hydrogen) atoms. The van der Waals surface area contributed by atoms with E-state index in [2.05, 4.69) is 28.2 Å². The minimum atomic E-state index is -1.23. The standard InChI is InChI=1S/C19H24N4O6S/c20-12(5-6-16(24)25)17(26)23-15(9-30)18(27)22-14(19(28)29)7-10-8-21-13-4-2-1-3-11(10)13/h1-4,8,12,14-15,21,30H,5-7,9,20H2,(H,22,27)(H,23,26)(H,24,25)(H,28,29). The molecule has 11 heteroatoms. The van der Waals surface area contributed by atoms with Crippen LogP contribution in [0.3, 0.4) is 0 Å². The van der Waals surface area contributed by atoms with Crippen LogP contribution in [0.4, 0.5) is 0 Å². The molecule has 3 unspecified atom stereocenters. The second-order valence-electron chi connectivity index (χ2n) is 6.75. The van der Waals surface area contributed by atoms with Crippen LogP contribution in [0.1, 0.15) is 18.4 Å². The Bertz CT molecular complexity index is 931. The van der Waals surface area contributed by atoms with Crippen molar-refractivity contribution in [2.24, 2.45) is 5.73 Å². The van der Waals surface area contributed by atoms with Gasteiger partial charge in [-0.05, 0) is 18.1 Å². The van der Waals surface area contributed by atoms with E-state index in [1.807, 2.05) is 24.3 Å². The molecule has 0 fully saturated rings. The van der Waals surface area contributed by atoms with E-state index in [0.29, 0.717) is 0 Å². The first kappa shape index (κ1) is 23.2. The molecule has 7 N–H and O–H groups in total. The molecule has 0 aliphatic heterocycles. The van der Waals surface area contributed by atoms with Crippen LogP contribution in [-0.4, -0.2) is 62.8 Å². The zero-order chi connectivity index (χ0) is 22.3. The van der Waals surface area contributed by atoms with Crippen LogP contribution in [0.25, 0.3) is 10.9 Å². The van der Waals surface area contributed by atoms with Crippen molar-refractivity contribution < 1.29 is 29.4 Å². The maximum Gasteiger partial charge on any atom is 0.326 e. The molecule has 2 rings (SSSR count). The van der Waals surface area contributed by atoms with Crippen molar-refractivity contribution in [3.63, 3.8) is 0 Å². The van der Waals surface area contributed by atoms with Crippen molar-refractivity contribution in [1.82, 2.24) is 15.6 Å². The van der Waals surface area contributed by atoms with Crippen LogP contribution in [0.5, 0.6) is 0 Å². The third-order valence-electron chi connectivity index (χ3n) is 4.54. The summed E-state index contributed by atoms with van der Waals surface area (Å²) in [6.45, 7) is 0. The van der Waals surface area contributed by atoms with Crippen LogP contribution < -0.4 is 16.4 Å². The van der Waals surface area contributed by atoms with E-state index in [9.17, 15) is 24.3 Å². The number of hydrogen-bond acceptors (Lipinski definition) is 6. The van der Waals surface area contributed by atoms with Crippen molar-refractivity contribution in [1.29, 1.82) is 0 Å². The van der Waals surface area contributed by atoms with Gasteiger partial charge in [0.05, 0.1) is 6.04 Å². The van der Waals surface area contributed by atoms with Gasteiger partial charge in [0.15, 0.2) is 0 Å². The topological polar surface area (TPSA) is 175 Å². The third kappa shape index (κ3) is 6.22. The highest BCUT2D eigenvalue weighted by Gasteiger charge is 2.28. The Balaban J connectivity index is 2.02. The largest absolute Gasteiger partial charge is 0.481 e. The summed E-state index contributed by atoms with van der Waals surface area (Å²) in [5, 5.41) is 23.8. The number of carboxylic acids is 2. The fourth-order valence-corrected chi connectivity index (χ4v) is 3.13. The first-order chi connectivity index (χ1) is 14.2. The number of hydrogen-bond donors (Lipinski definition) is 7. The number of aromatic amines is 1. The van der Waals surface area contributed by atoms with E-state index in [1.165, 1.54) is 0 Å². The molecule has 0 aliphatic rings. The Hall–Kier alpha value is -3.05. The van der Waals surface area contributed by atoms with Gasteiger partial charge in [-0.15, -0.1) is 0 Å². The molecule has 0 spiro atoms. The second kappa shape index (κ2) is 10.6. The minimum Gasteiger partial charge on any atom is -0.481 e. The quantitative estimate of drug-likeness (QED) is 0.240. The first-order valence-electron chi connectivity index (χ1n) is 9.19. The molecule has 2 aromatic rings. The van der Waals surface area contributed by atoms with Gasteiger partial charge in [-0.25, -0.2) is 4.79 Å². The maximum atomic E-state index is 12.5. The lowest BCUT2D eigenvalue weighted by Crippen LogP contribution is -2.55. The molecule has 0 aliphatic carbocycles. The number of rotatable bonds is 11. The van der Waals surface area contributed by atoms with E-state index < -0.39 is 41.9 Å². The van der Waals surface area contributed by atoms with Crippen LogP contribution in [0.15, 0.2) is 30.5 Å². The lowest BCUT2D eigenvalue weighted by molar-refractivity contribution is -0.142. The molecule has 2 amide bonds. The fraction of sp³-hybridized carbons (Fsp3) is 0.368. The number of aromatic nitrogens is 1. The van der Waals surface area contributed by atoms with Crippen LogP contribution in [0.2, 0.25) is 0 Å². The average molecular weight is 436 g/mol. The van der Waals surface area contributed by atoms with E-state index >= 15 is 0 Å². The number of para-hydroxylation sites is 1. The average Bonchev–Trinajstić information content (AvgIpc) is 3.12. The molecular formula is C19H24N4O6S. The van der Waals surface area contributed by atoms with E-state index in [1.54, 1.807) is 6.20 Å². The first-order valence-corrected chi connectivity index (χ1v) is 9.83. The van der Waals surface area contributed by atoms with Crippen molar-refractivity contribution in [2.75, 3.05) is 5.75 Å². The van der Waals surface area contributed by atoms with Crippen LogP contribution in [0, 0.1) is 0 Å². The van der Waals surface area contributed by atoms with Crippen molar-refractivity contribution in [3.05, 3.63) is 36.0 Å². The zero-order valence-electron chi connectivity index (χ0n) is 16.0. The number of nitrogens with two attached hydrogens (primary N) is 1. The summed E-state index contributed by atoms with van der Waals surface area (Å²) in [6, 6.07) is 3.91. The van der Waals surface area contributed by atoms with Gasteiger partial charge in [0.2, 0.25) is 11.8 Å². The number of thiol groups is 1. The fourth-order valence-electron chi connectivity index (χ4n) is 2.88. The molecule has 3 atom stereocenters. The Morgan fingerprint density at radius 2 is 1.73 bits per heavy atom. The van der Waals surface area contributed by atoms with E-state index in [-0.39, 0.29) is 25.0 Å². The number of carboxylic acid groups (broad SMARTS) is 2. The van der Waals surface area contributed by atoms with Gasteiger partial charge in [-0.2, -0.15) is 12.6 Å². The lowest BCUT2D eigenvalue weighted by Gasteiger charge is -2.21. The highest BCUT2D eigenvalue weighted by Crippen LogP contribution is 2.19. The number of carbonyl (C=O) groups excluding carboxylic acids is 2. The minimum absolute atomic E-state index is 0.0381. The number of carbonyl (C=O) groups is 4. The normalized spacial score (nSPS) is 13.9. The summed E-state index contributed by atoms with van der Waals surface area (Å²) in [7, 11) is 0. The van der Waals surface area contributed by atoms with Gasteiger partial charge in [-0.1, -0.05) is 18.2 Å². The summed E-state index contributed by atoms with van der Waals surface area (Å²) in [4.78, 5) is 49.9. The smallest absolute Gasteiger partial charge is 0.326 e. The number of H-pyrrole nitrogens is 1. The van der Waals surface area contributed by atoms with Crippen LogP contribution >= 0.6 is 12.6 Å². The summed E-state index contributed by atoms with van der Waals surface area (Å²) in [5.74, 6) is -3.85. The predicted octanol–water partition coefficient (Wildman–Crippen LogP) is -0.113. The van der Waals surface area contributed by atoms with Gasteiger partial charge in [0.25, 0.3) is 0 Å². The molecule has 1 aromatic heterocycles. The molecule has 0 bridgehead atoms. The highest BCUT2D eigenvalue weighted by molar-refractivity contribution is 7.80. The number of fused-ring (bicyclic) bond motifs is 1. The monoisotopic (exact) mass is 436 g/mol. The molecule has 1 heterocycles. The number of amides is 2. The summed E-state index contributed by atoms with van der Waals surface area (Å²) < 4.78 is 0. The van der Waals surface area contributed by atoms with Crippen molar-refractivity contribution >= 4 is 47.3 Å². The van der Waals surface area contributed by atoms with Gasteiger partial charge in [-0.3, -0.25) is 14.4 Å². The van der Waals surface area contributed by atoms with E-state index in [4.69, 9.17) is 10.8 Å². The predicted molar refractivity (Wildman–Crippen MR) is 112 cm³/mol. The zero-order valence-corrected chi connectivity index (χ0v) is 16.9. The molecule has 10 nitrogen and oxygen atoms in total. The second-order valence-corrected chi connectivity index (χ2v) is 7.11. The van der Waals surface area contributed by atoms with Crippen LogP contribution in [-0.2, 0) is 25.6 Å². The number of nitrogens with one attached hydrogen (secondary N) is 3. The molecular weight excluding hydrogens is 412 g/mol. The Labute approximate surface area is 177 Å². The van der Waals surface area contributed by atoms with E-state index in [0.717, 1.165) is 16.5 Å². The summed E-state index contributed by atoms with van der Waals surface area (Å²) in [5.41, 5.74) is 7.20. The molecule has 162 valence electrons. The SMILES string of the molecule is NC(CCC(=O)O)C(=O)NC(CS)C(=O)NC(Cc1c[nH]c2ccccc12)C(=O)O. The van der Waals surface area contributed by atoms with Crippen molar-refractivity contribution in [3.8, 4) is 0 Å². The maximum absolute atomic E-state index is 12.5. The Morgan fingerprint density at radius 1 is 1.07 bits per heavy atom. The van der Waals surface area contributed by atoms with Gasteiger partial charge in [0.1, 0.15) is 12.1 Å². The third-order valence-corrected chi connectivity index (χ3v) is 4.90. The van der Waals surface area contributed by atoms with Gasteiger partial charge in [0, 0.05) is 35.7 Å². The molecule has 1 aromatic carbocycles. The summed E-state index contributed by atoms with van der Waals surface area (Å²) in [6.07, 6.45) is 1.33. The number of benzene rings is 1. The number of aliphatic carboxylic acids is 2. The summed E-state index contributed by atoms with van der Waals surface area (Å²) >= 11 is 4.03. The van der Waals surface area contributed by atoms with Gasteiger partial charge >= 0.3 is 11.9 Å². The van der Waals surface area contributed by atoms with Gasteiger partial charge < -0.3 is 31.6 Å². The Kier molecular flexibility index (Phi) is 8.25. The highest BCUT2D eigenvalue weighted by atomic mass is 32.1. The Morgan fingerprint density at radius 3 is 2.37 bits per heavy atom. The lowest BCUT2D eigenvalue weighted by atomic mass is 10.0.